The number of carbonyl (C=O) groups is 1. The number of hydrogen-bond acceptors (Lipinski definition) is 7. The molecule has 13 heteroatoms. The van der Waals surface area contributed by atoms with Gasteiger partial charge in [0, 0.05) is 32.5 Å². The van der Waals surface area contributed by atoms with Gasteiger partial charge < -0.3 is 5.32 Å². The topological polar surface area (TPSA) is 158 Å². The van der Waals surface area contributed by atoms with Crippen molar-refractivity contribution in [2.24, 2.45) is 0 Å². The molecule has 208 valence electrons. The van der Waals surface area contributed by atoms with Gasteiger partial charge in [-0.25, -0.2) is 27.7 Å². The van der Waals surface area contributed by atoms with Crippen molar-refractivity contribution < 1.29 is 13.2 Å². The fraction of sp³-hybridized carbons (Fsp3) is 0.296. The smallest absolute Gasteiger partial charge is 0.347 e. The second kappa shape index (κ2) is 11.3. The molecule has 0 aliphatic carbocycles. The van der Waals surface area contributed by atoms with Crippen LogP contribution in [0.25, 0.3) is 16.8 Å². The molecule has 0 saturated carbocycles. The Bertz CT molecular complexity index is 1820. The van der Waals surface area contributed by atoms with Crippen LogP contribution in [0.3, 0.4) is 0 Å². The number of nitrogens with one attached hydrogen (secondary N) is 2. The number of hydrogen-bond donors (Lipinski definition) is 2. The Labute approximate surface area is 228 Å². The maximum atomic E-state index is 13.4. The first-order valence-electron chi connectivity index (χ1n) is 12.9. The zero-order chi connectivity index (χ0) is 28.3. The van der Waals surface area contributed by atoms with E-state index in [1.807, 2.05) is 6.07 Å². The first-order chi connectivity index (χ1) is 19.3. The number of H-pyrrole nitrogens is 1. The zero-order valence-electron chi connectivity index (χ0n) is 21.6. The molecule has 2 aromatic carbocycles. The van der Waals surface area contributed by atoms with E-state index in [1.165, 1.54) is 9.13 Å². The van der Waals surface area contributed by atoms with Gasteiger partial charge in [-0.2, -0.15) is 5.10 Å². The van der Waals surface area contributed by atoms with Gasteiger partial charge in [-0.3, -0.25) is 18.7 Å². The van der Waals surface area contributed by atoms with Crippen molar-refractivity contribution in [1.29, 1.82) is 0 Å². The first kappa shape index (κ1) is 27.1. The van der Waals surface area contributed by atoms with Crippen LogP contribution in [-0.4, -0.2) is 50.5 Å². The van der Waals surface area contributed by atoms with Crippen molar-refractivity contribution in [3.05, 3.63) is 97.8 Å². The minimum Gasteiger partial charge on any atom is -0.356 e. The summed E-state index contributed by atoms with van der Waals surface area (Å²) in [6.45, 7) is 0.397. The van der Waals surface area contributed by atoms with Crippen molar-refractivity contribution in [3.63, 3.8) is 0 Å². The summed E-state index contributed by atoms with van der Waals surface area (Å²) in [6.07, 6.45) is 0.860. The summed E-state index contributed by atoms with van der Waals surface area (Å²) in [5, 5.41) is 8.97. The van der Waals surface area contributed by atoms with Crippen molar-refractivity contribution in [2.45, 2.75) is 43.8 Å². The monoisotopic (exact) mass is 564 g/mol. The Hall–Kier alpha value is -4.52. The van der Waals surface area contributed by atoms with Gasteiger partial charge in [-0.1, -0.05) is 48.5 Å². The fourth-order valence-electron chi connectivity index (χ4n) is 4.88. The van der Waals surface area contributed by atoms with E-state index in [0.717, 1.165) is 4.57 Å². The number of rotatable bonds is 9. The predicted molar refractivity (Wildman–Crippen MR) is 147 cm³/mol. The minimum absolute atomic E-state index is 0.00498. The number of carbonyl (C=O) groups excluding carboxylic acids is 1. The highest BCUT2D eigenvalue weighted by molar-refractivity contribution is 7.91. The van der Waals surface area contributed by atoms with E-state index in [0.29, 0.717) is 17.1 Å². The lowest BCUT2D eigenvalue weighted by Gasteiger charge is -2.23. The van der Waals surface area contributed by atoms with E-state index in [2.05, 4.69) is 15.5 Å². The molecule has 0 bridgehead atoms. The Kier molecular flexibility index (Phi) is 7.65. The fourth-order valence-corrected chi connectivity index (χ4v) is 6.60. The van der Waals surface area contributed by atoms with E-state index in [4.69, 9.17) is 0 Å². The summed E-state index contributed by atoms with van der Waals surface area (Å²) in [7, 11) is -3.80. The van der Waals surface area contributed by atoms with E-state index in [-0.39, 0.29) is 67.6 Å². The van der Waals surface area contributed by atoms with Gasteiger partial charge in [-0.15, -0.1) is 0 Å². The molecule has 0 fully saturated rings. The summed E-state index contributed by atoms with van der Waals surface area (Å²) in [4.78, 5) is 51.3. The lowest BCUT2D eigenvalue weighted by molar-refractivity contribution is -0.121. The van der Waals surface area contributed by atoms with Gasteiger partial charge in [0.2, 0.25) is 5.91 Å². The number of aromatic nitrogens is 5. The van der Waals surface area contributed by atoms with Crippen LogP contribution in [0.2, 0.25) is 0 Å². The molecule has 40 heavy (non-hydrogen) atoms. The lowest BCUT2D eigenvalue weighted by Crippen LogP contribution is -2.45. The SMILES string of the molecule is O=C(CCc1n[nH]c(=O)n1-c1ccccc1)NCCCn1c(=O)c(-c2ccccc2)c2n(c1=O)CCCS2(=O)=O. The average molecular weight is 565 g/mol. The molecule has 2 N–H and O–H groups in total. The molecule has 1 amide bonds. The first-order valence-corrected chi connectivity index (χ1v) is 14.6. The van der Waals surface area contributed by atoms with E-state index in [1.54, 1.807) is 54.6 Å². The third-order valence-electron chi connectivity index (χ3n) is 6.74. The summed E-state index contributed by atoms with van der Waals surface area (Å²) < 4.78 is 29.4. The number of amides is 1. The van der Waals surface area contributed by atoms with Crippen LogP contribution < -0.4 is 22.3 Å². The van der Waals surface area contributed by atoms with Crippen LogP contribution in [0, 0.1) is 0 Å². The van der Waals surface area contributed by atoms with Crippen molar-refractivity contribution in [2.75, 3.05) is 12.3 Å². The van der Waals surface area contributed by atoms with Crippen molar-refractivity contribution >= 4 is 15.7 Å². The van der Waals surface area contributed by atoms with Crippen molar-refractivity contribution in [3.8, 4) is 16.8 Å². The summed E-state index contributed by atoms with van der Waals surface area (Å²) in [5.41, 5.74) is -0.681. The second-order valence-electron chi connectivity index (χ2n) is 9.43. The van der Waals surface area contributed by atoms with Gasteiger partial charge in [0.1, 0.15) is 5.82 Å². The van der Waals surface area contributed by atoms with Crippen LogP contribution in [0.15, 0.2) is 80.1 Å². The summed E-state index contributed by atoms with van der Waals surface area (Å²) >= 11 is 0. The highest BCUT2D eigenvalue weighted by Crippen LogP contribution is 2.27. The standard InChI is InChI=1S/C27H28N6O6S/c34-22(14-13-21-29-30-26(36)33(21)20-11-5-2-6-12-20)28-15-7-16-31-24(35)23(19-9-3-1-4-10-19)25-32(27(31)37)17-8-18-40(25,38)39/h1-6,9-12H,7-8,13-18H2,(H,28,34)(H,30,36). The molecule has 4 aromatic rings. The molecule has 12 nitrogen and oxygen atoms in total. The number of nitrogens with zero attached hydrogens (tertiary/aromatic N) is 4. The molecule has 1 aliphatic heterocycles. The Morgan fingerprint density at radius 1 is 1.00 bits per heavy atom. The molecule has 0 saturated heterocycles. The maximum absolute atomic E-state index is 13.4. The quantitative estimate of drug-likeness (QED) is 0.225. The summed E-state index contributed by atoms with van der Waals surface area (Å²) in [5.74, 6) is 0.0191. The van der Waals surface area contributed by atoms with Crippen LogP contribution in [-0.2, 0) is 34.1 Å². The molecular weight excluding hydrogens is 536 g/mol. The highest BCUT2D eigenvalue weighted by atomic mass is 32.2. The summed E-state index contributed by atoms with van der Waals surface area (Å²) in [6, 6.07) is 17.4. The number of aromatic amines is 1. The number of fused-ring (bicyclic) bond motifs is 1. The van der Waals surface area contributed by atoms with Gasteiger partial charge in [0.25, 0.3) is 5.56 Å². The molecule has 5 rings (SSSR count). The lowest BCUT2D eigenvalue weighted by atomic mass is 10.1. The molecule has 0 spiro atoms. The van der Waals surface area contributed by atoms with Gasteiger partial charge >= 0.3 is 11.4 Å². The Morgan fingerprint density at radius 2 is 1.70 bits per heavy atom. The van der Waals surface area contributed by atoms with Gasteiger partial charge in [0.15, 0.2) is 14.9 Å². The molecule has 2 aromatic heterocycles. The maximum Gasteiger partial charge on any atom is 0.347 e. The predicted octanol–water partition coefficient (Wildman–Crippen LogP) is 0.867. The van der Waals surface area contributed by atoms with Crippen LogP contribution in [0.5, 0.6) is 0 Å². The Morgan fingerprint density at radius 3 is 2.42 bits per heavy atom. The minimum atomic E-state index is -3.80. The van der Waals surface area contributed by atoms with Gasteiger partial charge in [0.05, 0.1) is 17.0 Å². The molecule has 1 aliphatic rings. The third kappa shape index (κ3) is 5.32. The van der Waals surface area contributed by atoms with Gasteiger partial charge in [-0.05, 0) is 30.5 Å². The zero-order valence-corrected chi connectivity index (χ0v) is 22.4. The second-order valence-corrected chi connectivity index (χ2v) is 11.5. The molecule has 3 heterocycles. The number of para-hydroxylation sites is 1. The largest absolute Gasteiger partial charge is 0.356 e. The molecule has 0 atom stereocenters. The molecular formula is C27H28N6O6S. The normalized spacial score (nSPS) is 14.0. The van der Waals surface area contributed by atoms with Crippen molar-refractivity contribution in [1.82, 2.24) is 29.2 Å². The number of benzene rings is 2. The number of aryl methyl sites for hydroxylation is 1. The molecule has 0 radical (unpaired) electrons. The highest BCUT2D eigenvalue weighted by Gasteiger charge is 2.32. The Balaban J connectivity index is 1.27. The number of sulfone groups is 1. The van der Waals surface area contributed by atoms with E-state index < -0.39 is 26.8 Å². The third-order valence-corrected chi connectivity index (χ3v) is 8.58. The molecule has 0 unspecified atom stereocenters. The van der Waals surface area contributed by atoms with Crippen LogP contribution >= 0.6 is 0 Å². The van der Waals surface area contributed by atoms with Crippen LogP contribution in [0.4, 0.5) is 0 Å². The van der Waals surface area contributed by atoms with E-state index >= 15 is 0 Å². The van der Waals surface area contributed by atoms with Crippen LogP contribution in [0.1, 0.15) is 25.1 Å². The average Bonchev–Trinajstić information content (AvgIpc) is 3.32. The van der Waals surface area contributed by atoms with E-state index in [9.17, 15) is 27.6 Å².